The summed E-state index contributed by atoms with van der Waals surface area (Å²) in [6.45, 7) is 0.653. The zero-order valence-corrected chi connectivity index (χ0v) is 20.0. The Morgan fingerprint density at radius 2 is 1.86 bits per heavy atom. The van der Waals surface area contributed by atoms with E-state index in [-0.39, 0.29) is 5.91 Å². The quantitative estimate of drug-likeness (QED) is 0.355. The summed E-state index contributed by atoms with van der Waals surface area (Å²) in [6.07, 6.45) is 8.58. The molecule has 35 heavy (non-hydrogen) atoms. The van der Waals surface area contributed by atoms with E-state index in [1.807, 2.05) is 48.0 Å². The van der Waals surface area contributed by atoms with Gasteiger partial charge in [0, 0.05) is 42.7 Å². The summed E-state index contributed by atoms with van der Waals surface area (Å²) in [5.74, 6) is 1.70. The first-order valence-electron chi connectivity index (χ1n) is 10.9. The number of carbonyl (C=O) groups excluding carboxylic acids is 1. The molecule has 0 atom stereocenters. The van der Waals surface area contributed by atoms with Crippen molar-refractivity contribution in [2.45, 2.75) is 0 Å². The molecular weight excluding hydrogens is 446 g/mol. The molecule has 0 unspecified atom stereocenters. The van der Waals surface area contributed by atoms with Gasteiger partial charge >= 0.3 is 0 Å². The van der Waals surface area contributed by atoms with Gasteiger partial charge in [-0.05, 0) is 44.4 Å². The molecule has 4 rings (SSSR count). The SMILES string of the molecule is COc1cc(OC)c(Nc2nccc(-n3ccc4cccnc43)n2)cc1NC(=O)/C=C/CN(C)C. The number of amides is 1. The third-order valence-corrected chi connectivity index (χ3v) is 5.10. The molecule has 10 nitrogen and oxygen atoms in total. The Labute approximate surface area is 203 Å². The summed E-state index contributed by atoms with van der Waals surface area (Å²) < 4.78 is 12.9. The molecule has 0 fully saturated rings. The number of ether oxygens (including phenoxy) is 2. The van der Waals surface area contributed by atoms with E-state index in [9.17, 15) is 4.79 Å². The molecule has 0 aliphatic rings. The number of nitrogens with one attached hydrogen (secondary N) is 2. The van der Waals surface area contributed by atoms with Gasteiger partial charge in [0.25, 0.3) is 0 Å². The zero-order valence-electron chi connectivity index (χ0n) is 20.0. The molecule has 10 heteroatoms. The zero-order chi connectivity index (χ0) is 24.8. The Morgan fingerprint density at radius 3 is 2.63 bits per heavy atom. The number of fused-ring (bicyclic) bond motifs is 1. The van der Waals surface area contributed by atoms with Crippen molar-refractivity contribution in [3.63, 3.8) is 0 Å². The van der Waals surface area contributed by atoms with Crippen molar-refractivity contribution in [1.29, 1.82) is 0 Å². The van der Waals surface area contributed by atoms with E-state index >= 15 is 0 Å². The first-order chi connectivity index (χ1) is 17.0. The van der Waals surface area contributed by atoms with Crippen molar-refractivity contribution in [3.8, 4) is 17.3 Å². The van der Waals surface area contributed by atoms with Crippen molar-refractivity contribution in [1.82, 2.24) is 24.4 Å². The number of hydrogen-bond acceptors (Lipinski definition) is 8. The van der Waals surface area contributed by atoms with Gasteiger partial charge in [-0.2, -0.15) is 4.98 Å². The minimum Gasteiger partial charge on any atom is -0.494 e. The average molecular weight is 474 g/mol. The van der Waals surface area contributed by atoms with E-state index in [4.69, 9.17) is 9.47 Å². The van der Waals surface area contributed by atoms with E-state index in [2.05, 4.69) is 25.6 Å². The van der Waals surface area contributed by atoms with E-state index in [1.54, 1.807) is 43.8 Å². The highest BCUT2D eigenvalue weighted by Crippen LogP contribution is 2.37. The summed E-state index contributed by atoms with van der Waals surface area (Å²) in [7, 11) is 6.94. The molecule has 3 aromatic heterocycles. The Hall–Kier alpha value is -4.44. The van der Waals surface area contributed by atoms with Gasteiger partial charge < -0.3 is 25.0 Å². The van der Waals surface area contributed by atoms with Crippen molar-refractivity contribution in [2.24, 2.45) is 0 Å². The molecule has 1 aromatic carbocycles. The van der Waals surface area contributed by atoms with E-state index in [0.717, 1.165) is 11.0 Å². The number of hydrogen-bond donors (Lipinski definition) is 2. The van der Waals surface area contributed by atoms with Gasteiger partial charge in [0.05, 0.1) is 25.6 Å². The average Bonchev–Trinajstić information content (AvgIpc) is 3.28. The van der Waals surface area contributed by atoms with Gasteiger partial charge in [-0.3, -0.25) is 9.36 Å². The predicted octanol–water partition coefficient (Wildman–Crippen LogP) is 3.63. The third kappa shape index (κ3) is 5.56. The second-order valence-electron chi connectivity index (χ2n) is 7.87. The molecule has 1 amide bonds. The predicted molar refractivity (Wildman–Crippen MR) is 136 cm³/mol. The van der Waals surface area contributed by atoms with Gasteiger partial charge in [-0.25, -0.2) is 9.97 Å². The number of carbonyl (C=O) groups is 1. The maximum absolute atomic E-state index is 12.4. The molecule has 0 aliphatic heterocycles. The fourth-order valence-electron chi connectivity index (χ4n) is 3.45. The number of nitrogens with zero attached hydrogens (tertiary/aromatic N) is 5. The van der Waals surface area contributed by atoms with Crippen LogP contribution in [0.15, 0.2) is 67.1 Å². The van der Waals surface area contributed by atoms with Crippen LogP contribution in [-0.4, -0.2) is 65.2 Å². The second-order valence-corrected chi connectivity index (χ2v) is 7.87. The monoisotopic (exact) mass is 473 g/mol. The Bertz CT molecular complexity index is 1360. The molecule has 180 valence electrons. The summed E-state index contributed by atoms with van der Waals surface area (Å²) >= 11 is 0. The lowest BCUT2D eigenvalue weighted by molar-refractivity contribution is -0.111. The molecule has 0 aliphatic carbocycles. The lowest BCUT2D eigenvalue weighted by Crippen LogP contribution is -2.13. The minimum absolute atomic E-state index is 0.272. The van der Waals surface area contributed by atoms with Crippen LogP contribution in [0, 0.1) is 0 Å². The van der Waals surface area contributed by atoms with Gasteiger partial charge in [0.15, 0.2) is 0 Å². The number of rotatable bonds is 9. The van der Waals surface area contributed by atoms with Crippen molar-refractivity contribution >= 4 is 34.3 Å². The van der Waals surface area contributed by atoms with Crippen LogP contribution in [0.4, 0.5) is 17.3 Å². The maximum Gasteiger partial charge on any atom is 0.248 e. The van der Waals surface area contributed by atoms with Gasteiger partial charge in [-0.15, -0.1) is 0 Å². The Kier molecular flexibility index (Phi) is 7.22. The van der Waals surface area contributed by atoms with E-state index in [1.165, 1.54) is 13.2 Å². The first kappa shape index (κ1) is 23.7. The van der Waals surface area contributed by atoms with E-state index < -0.39 is 0 Å². The summed E-state index contributed by atoms with van der Waals surface area (Å²) in [5.41, 5.74) is 1.84. The normalized spacial score (nSPS) is 11.2. The summed E-state index contributed by atoms with van der Waals surface area (Å²) in [6, 6.07) is 11.1. The summed E-state index contributed by atoms with van der Waals surface area (Å²) in [4.78, 5) is 27.8. The van der Waals surface area contributed by atoms with Crippen LogP contribution < -0.4 is 20.1 Å². The number of anilines is 3. The molecular formula is C25H27N7O3. The molecule has 0 bridgehead atoms. The number of likely N-dealkylation sites (N-methyl/N-ethyl adjacent to an activating group) is 1. The highest BCUT2D eigenvalue weighted by atomic mass is 16.5. The number of pyridine rings is 1. The fraction of sp³-hybridized carbons (Fsp3) is 0.200. The third-order valence-electron chi connectivity index (χ3n) is 5.10. The number of aromatic nitrogens is 4. The minimum atomic E-state index is -0.272. The van der Waals surface area contributed by atoms with Crippen LogP contribution >= 0.6 is 0 Å². The Morgan fingerprint density at radius 1 is 1.06 bits per heavy atom. The van der Waals surface area contributed by atoms with E-state index in [0.29, 0.717) is 41.2 Å². The van der Waals surface area contributed by atoms with Crippen LogP contribution in [0.2, 0.25) is 0 Å². The van der Waals surface area contributed by atoms with Gasteiger partial charge in [-0.1, -0.05) is 6.08 Å². The van der Waals surface area contributed by atoms with Gasteiger partial charge in [0.1, 0.15) is 23.0 Å². The highest BCUT2D eigenvalue weighted by Gasteiger charge is 2.15. The second kappa shape index (κ2) is 10.7. The smallest absolute Gasteiger partial charge is 0.248 e. The molecule has 0 saturated heterocycles. The molecule has 0 spiro atoms. The molecule has 4 aromatic rings. The lowest BCUT2D eigenvalue weighted by atomic mass is 10.2. The maximum atomic E-state index is 12.4. The lowest BCUT2D eigenvalue weighted by Gasteiger charge is -2.16. The van der Waals surface area contributed by atoms with Crippen molar-refractivity contribution in [2.75, 3.05) is 45.5 Å². The number of benzene rings is 1. The van der Waals surface area contributed by atoms with Gasteiger partial charge in [0.2, 0.25) is 11.9 Å². The fourth-order valence-corrected chi connectivity index (χ4v) is 3.45. The Balaban J connectivity index is 1.62. The number of methoxy groups -OCH3 is 2. The van der Waals surface area contributed by atoms with Crippen LogP contribution in [0.3, 0.4) is 0 Å². The van der Waals surface area contributed by atoms with Crippen LogP contribution in [0.1, 0.15) is 0 Å². The largest absolute Gasteiger partial charge is 0.494 e. The highest BCUT2D eigenvalue weighted by molar-refractivity contribution is 6.01. The van der Waals surface area contributed by atoms with Crippen LogP contribution in [0.5, 0.6) is 11.5 Å². The molecule has 2 N–H and O–H groups in total. The first-order valence-corrected chi connectivity index (χ1v) is 10.9. The topological polar surface area (TPSA) is 106 Å². The molecule has 0 saturated carbocycles. The van der Waals surface area contributed by atoms with Crippen molar-refractivity contribution < 1.29 is 14.3 Å². The van der Waals surface area contributed by atoms with Crippen molar-refractivity contribution in [3.05, 3.63) is 67.1 Å². The molecule has 3 heterocycles. The standard InChI is InChI=1S/C25H27N7O3/c1-31(2)13-6-8-23(33)28-18-15-19(21(35-4)16-20(18)34-3)29-25-27-12-9-22(30-25)32-14-10-17-7-5-11-26-24(17)32/h5-12,14-16H,13H2,1-4H3,(H,28,33)(H,27,29,30)/b8-6+. The summed E-state index contributed by atoms with van der Waals surface area (Å²) in [5, 5.41) is 7.04. The van der Waals surface area contributed by atoms with Crippen LogP contribution in [-0.2, 0) is 4.79 Å². The molecule has 0 radical (unpaired) electrons. The van der Waals surface area contributed by atoms with Crippen LogP contribution in [0.25, 0.3) is 16.9 Å².